The molecular formula is C24H28N6O2S. The number of nitrogens with two attached hydrogens (primary N) is 1. The van der Waals surface area contributed by atoms with Crippen LogP contribution in [0.5, 0.6) is 0 Å². The van der Waals surface area contributed by atoms with Crippen LogP contribution in [-0.2, 0) is 6.54 Å². The maximum Gasteiger partial charge on any atom is 0.273 e. The zero-order valence-corrected chi connectivity index (χ0v) is 19.5. The molecule has 0 spiro atoms. The SMILES string of the molecule is CCCCNC(=O)c1csc2c(=O)n(Cc3ccccc3C#N)c(N3CCC[C@@H](N)C3)nc12. The Morgan fingerprint density at radius 1 is 1.39 bits per heavy atom. The highest BCUT2D eigenvalue weighted by atomic mass is 32.1. The Balaban J connectivity index is 1.83. The lowest BCUT2D eigenvalue weighted by molar-refractivity contribution is 0.0955. The van der Waals surface area contributed by atoms with Crippen molar-refractivity contribution in [3.63, 3.8) is 0 Å². The van der Waals surface area contributed by atoms with Crippen molar-refractivity contribution in [2.24, 2.45) is 5.73 Å². The summed E-state index contributed by atoms with van der Waals surface area (Å²) in [4.78, 5) is 33.3. The molecule has 1 atom stereocenters. The van der Waals surface area contributed by atoms with Crippen molar-refractivity contribution in [2.75, 3.05) is 24.5 Å². The minimum absolute atomic E-state index is 0.00881. The average Bonchev–Trinajstić information content (AvgIpc) is 3.25. The number of unbranched alkanes of at least 4 members (excludes halogenated alkanes) is 1. The standard InChI is InChI=1S/C24H28N6O2S/c1-2-3-10-27-22(31)19-15-33-21-20(19)28-24(29-11-6-9-18(26)14-29)30(23(21)32)13-17-8-5-4-7-16(17)12-25/h4-5,7-8,15,18H,2-3,6,9-11,13-14,26H2,1H3,(H,27,31)/t18-/m1/s1. The number of carbonyl (C=O) groups excluding carboxylic acids is 1. The van der Waals surface area contributed by atoms with Crippen LogP contribution in [-0.4, -0.2) is 41.1 Å². The van der Waals surface area contributed by atoms with Gasteiger partial charge in [-0.1, -0.05) is 31.5 Å². The highest BCUT2D eigenvalue weighted by Gasteiger charge is 2.25. The van der Waals surface area contributed by atoms with E-state index in [0.717, 1.165) is 37.8 Å². The van der Waals surface area contributed by atoms with Crippen molar-refractivity contribution in [1.82, 2.24) is 14.9 Å². The third kappa shape index (κ3) is 4.77. The molecule has 8 nitrogen and oxygen atoms in total. The van der Waals surface area contributed by atoms with Crippen molar-refractivity contribution >= 4 is 33.4 Å². The van der Waals surface area contributed by atoms with Gasteiger partial charge in [0.15, 0.2) is 0 Å². The van der Waals surface area contributed by atoms with E-state index in [2.05, 4.69) is 18.3 Å². The summed E-state index contributed by atoms with van der Waals surface area (Å²) in [5, 5.41) is 14.2. The number of hydrogen-bond acceptors (Lipinski definition) is 7. The molecule has 1 amide bonds. The first-order valence-electron chi connectivity index (χ1n) is 11.3. The molecule has 3 aromatic rings. The van der Waals surface area contributed by atoms with Gasteiger partial charge in [-0.15, -0.1) is 11.3 Å². The number of carbonyl (C=O) groups is 1. The normalized spacial score (nSPS) is 16.0. The van der Waals surface area contributed by atoms with Crippen molar-refractivity contribution in [1.29, 1.82) is 5.26 Å². The van der Waals surface area contributed by atoms with Gasteiger partial charge in [-0.25, -0.2) is 4.98 Å². The van der Waals surface area contributed by atoms with E-state index in [1.54, 1.807) is 22.1 Å². The Kier molecular flexibility index (Phi) is 7.06. The average molecular weight is 465 g/mol. The van der Waals surface area contributed by atoms with Crippen molar-refractivity contribution in [3.05, 3.63) is 56.7 Å². The molecule has 1 aromatic carbocycles. The fourth-order valence-electron chi connectivity index (χ4n) is 4.14. The van der Waals surface area contributed by atoms with Crippen LogP contribution in [0, 0.1) is 11.3 Å². The molecule has 0 unspecified atom stereocenters. The summed E-state index contributed by atoms with van der Waals surface area (Å²) < 4.78 is 2.06. The number of benzene rings is 1. The van der Waals surface area contributed by atoms with Gasteiger partial charge >= 0.3 is 0 Å². The minimum Gasteiger partial charge on any atom is -0.352 e. The third-order valence-electron chi connectivity index (χ3n) is 5.92. The van der Waals surface area contributed by atoms with Crippen LogP contribution < -0.4 is 21.5 Å². The number of nitrogens with one attached hydrogen (secondary N) is 1. The molecule has 1 saturated heterocycles. The van der Waals surface area contributed by atoms with Crippen molar-refractivity contribution < 1.29 is 4.79 Å². The lowest BCUT2D eigenvalue weighted by Gasteiger charge is -2.33. The van der Waals surface area contributed by atoms with E-state index in [4.69, 9.17) is 10.7 Å². The Hall–Kier alpha value is -3.22. The van der Waals surface area contributed by atoms with Crippen LogP contribution in [0.4, 0.5) is 5.95 Å². The van der Waals surface area contributed by atoms with E-state index >= 15 is 0 Å². The largest absolute Gasteiger partial charge is 0.352 e. The maximum atomic E-state index is 13.6. The van der Waals surface area contributed by atoms with Crippen LogP contribution in [0.25, 0.3) is 10.2 Å². The summed E-state index contributed by atoms with van der Waals surface area (Å²) in [5.74, 6) is 0.284. The number of anilines is 1. The number of nitriles is 1. The van der Waals surface area contributed by atoms with Crippen LogP contribution >= 0.6 is 11.3 Å². The molecule has 1 aliphatic rings. The summed E-state index contributed by atoms with van der Waals surface area (Å²) in [6, 6.07) is 9.45. The van der Waals surface area contributed by atoms with Gasteiger partial charge in [-0.2, -0.15) is 5.26 Å². The summed E-state index contributed by atoms with van der Waals surface area (Å²) in [6.45, 7) is 4.19. The van der Waals surface area contributed by atoms with E-state index in [1.807, 2.05) is 17.0 Å². The number of hydrogen-bond donors (Lipinski definition) is 2. The first-order valence-corrected chi connectivity index (χ1v) is 12.2. The van der Waals surface area contributed by atoms with Gasteiger partial charge in [-0.05, 0) is 30.9 Å². The molecule has 1 fully saturated rings. The molecule has 4 rings (SSSR count). The van der Waals surface area contributed by atoms with E-state index in [1.165, 1.54) is 11.3 Å². The van der Waals surface area contributed by atoms with Gasteiger partial charge in [0.25, 0.3) is 11.5 Å². The molecule has 1 aliphatic heterocycles. The van der Waals surface area contributed by atoms with Gasteiger partial charge < -0.3 is 16.0 Å². The summed E-state index contributed by atoms with van der Waals surface area (Å²) >= 11 is 1.23. The Morgan fingerprint density at radius 2 is 2.21 bits per heavy atom. The molecule has 2 aromatic heterocycles. The molecule has 3 N–H and O–H groups in total. The molecule has 0 aliphatic carbocycles. The second-order valence-electron chi connectivity index (χ2n) is 8.36. The van der Waals surface area contributed by atoms with E-state index in [9.17, 15) is 14.9 Å². The number of nitrogens with zero attached hydrogens (tertiary/aromatic N) is 4. The van der Waals surface area contributed by atoms with Gasteiger partial charge in [0, 0.05) is 31.1 Å². The first kappa shape index (κ1) is 23.0. The lowest BCUT2D eigenvalue weighted by Crippen LogP contribution is -2.45. The molecule has 9 heteroatoms. The fourth-order valence-corrected chi connectivity index (χ4v) is 5.07. The number of amides is 1. The zero-order valence-electron chi connectivity index (χ0n) is 18.7. The van der Waals surface area contributed by atoms with Crippen LogP contribution in [0.2, 0.25) is 0 Å². The van der Waals surface area contributed by atoms with E-state index in [-0.39, 0.29) is 24.1 Å². The summed E-state index contributed by atoms with van der Waals surface area (Å²) in [7, 11) is 0. The molecule has 0 saturated carbocycles. The fraction of sp³-hybridized carbons (Fsp3) is 0.417. The van der Waals surface area contributed by atoms with Crippen LogP contribution in [0.15, 0.2) is 34.4 Å². The second-order valence-corrected chi connectivity index (χ2v) is 9.24. The number of aromatic nitrogens is 2. The monoisotopic (exact) mass is 464 g/mol. The predicted molar refractivity (Wildman–Crippen MR) is 131 cm³/mol. The van der Waals surface area contributed by atoms with E-state index < -0.39 is 0 Å². The Morgan fingerprint density at radius 3 is 2.97 bits per heavy atom. The molecular weight excluding hydrogens is 436 g/mol. The van der Waals surface area contributed by atoms with Gasteiger partial charge in [0.05, 0.1) is 23.7 Å². The summed E-state index contributed by atoms with van der Waals surface area (Å²) in [6.07, 6.45) is 3.70. The smallest absolute Gasteiger partial charge is 0.273 e. The number of thiophene rings is 1. The van der Waals surface area contributed by atoms with Crippen LogP contribution in [0.1, 0.15) is 54.1 Å². The zero-order chi connectivity index (χ0) is 23.4. The second kappa shape index (κ2) is 10.1. The van der Waals surface area contributed by atoms with Crippen LogP contribution in [0.3, 0.4) is 0 Å². The van der Waals surface area contributed by atoms with E-state index in [0.29, 0.717) is 40.4 Å². The highest BCUT2D eigenvalue weighted by molar-refractivity contribution is 7.17. The predicted octanol–water partition coefficient (Wildman–Crippen LogP) is 2.84. The minimum atomic E-state index is -0.213. The number of piperidine rings is 1. The first-order chi connectivity index (χ1) is 16.0. The van der Waals surface area contributed by atoms with Crippen molar-refractivity contribution in [2.45, 2.75) is 45.2 Å². The quantitative estimate of drug-likeness (QED) is 0.519. The topological polar surface area (TPSA) is 117 Å². The third-order valence-corrected chi connectivity index (χ3v) is 6.88. The molecule has 0 radical (unpaired) electrons. The Bertz CT molecular complexity index is 1260. The lowest BCUT2D eigenvalue weighted by atomic mass is 10.1. The van der Waals surface area contributed by atoms with Crippen molar-refractivity contribution in [3.8, 4) is 6.07 Å². The van der Waals surface area contributed by atoms with Gasteiger partial charge in [-0.3, -0.25) is 14.2 Å². The molecule has 0 bridgehead atoms. The maximum absolute atomic E-state index is 13.6. The summed E-state index contributed by atoms with van der Waals surface area (Å²) in [5.41, 5.74) is 8.14. The molecule has 172 valence electrons. The number of rotatable bonds is 7. The molecule has 3 heterocycles. The Labute approximate surface area is 196 Å². The molecule has 33 heavy (non-hydrogen) atoms. The highest BCUT2D eigenvalue weighted by Crippen LogP contribution is 2.26. The number of fused-ring (bicyclic) bond motifs is 1. The van der Waals surface area contributed by atoms with Gasteiger partial charge in [0.1, 0.15) is 10.2 Å². The van der Waals surface area contributed by atoms with Gasteiger partial charge in [0.2, 0.25) is 5.95 Å².